The third-order valence-electron chi connectivity index (χ3n) is 4.28. The SMILES string of the molecule is Cc1ccc([C@@H](CC(=O)Nc2ccc(C)c(F)c2)n2cccc2)cc1. The number of aromatic nitrogens is 1. The second-order valence-corrected chi connectivity index (χ2v) is 6.27. The van der Waals surface area contributed by atoms with Crippen LogP contribution in [-0.4, -0.2) is 10.5 Å². The van der Waals surface area contributed by atoms with Gasteiger partial charge < -0.3 is 9.88 Å². The Labute approximate surface area is 147 Å². The van der Waals surface area contributed by atoms with Crippen molar-refractivity contribution in [3.63, 3.8) is 0 Å². The molecule has 1 atom stereocenters. The van der Waals surface area contributed by atoms with Crippen molar-refractivity contribution >= 4 is 11.6 Å². The van der Waals surface area contributed by atoms with Gasteiger partial charge in [-0.2, -0.15) is 0 Å². The van der Waals surface area contributed by atoms with E-state index in [2.05, 4.69) is 5.32 Å². The first kappa shape index (κ1) is 17.0. The Kier molecular flexibility index (Phi) is 4.98. The predicted molar refractivity (Wildman–Crippen MR) is 98.1 cm³/mol. The second kappa shape index (κ2) is 7.34. The second-order valence-electron chi connectivity index (χ2n) is 6.27. The van der Waals surface area contributed by atoms with Crippen molar-refractivity contribution in [3.8, 4) is 0 Å². The zero-order chi connectivity index (χ0) is 17.8. The lowest BCUT2D eigenvalue weighted by molar-refractivity contribution is -0.116. The Balaban J connectivity index is 1.79. The minimum atomic E-state index is -0.321. The number of nitrogens with zero attached hydrogens (tertiary/aromatic N) is 1. The summed E-state index contributed by atoms with van der Waals surface area (Å²) in [6.07, 6.45) is 4.17. The quantitative estimate of drug-likeness (QED) is 0.709. The fraction of sp³-hybridized carbons (Fsp3) is 0.190. The van der Waals surface area contributed by atoms with E-state index in [-0.39, 0.29) is 24.2 Å². The van der Waals surface area contributed by atoms with Crippen LogP contribution >= 0.6 is 0 Å². The Morgan fingerprint density at radius 3 is 2.40 bits per heavy atom. The Morgan fingerprint density at radius 2 is 1.76 bits per heavy atom. The molecule has 4 heteroatoms. The molecular weight excluding hydrogens is 315 g/mol. The fourth-order valence-corrected chi connectivity index (χ4v) is 2.80. The topological polar surface area (TPSA) is 34.0 Å². The summed E-state index contributed by atoms with van der Waals surface area (Å²) in [4.78, 5) is 12.5. The number of carbonyl (C=O) groups excluding carboxylic acids is 1. The Hall–Kier alpha value is -2.88. The number of carbonyl (C=O) groups is 1. The van der Waals surface area contributed by atoms with Gasteiger partial charge in [0, 0.05) is 18.1 Å². The molecule has 0 spiro atoms. The molecule has 3 aromatic rings. The van der Waals surface area contributed by atoms with Gasteiger partial charge in [-0.05, 0) is 49.2 Å². The van der Waals surface area contributed by atoms with Crippen molar-refractivity contribution in [2.24, 2.45) is 0 Å². The van der Waals surface area contributed by atoms with Gasteiger partial charge in [0.15, 0.2) is 0 Å². The van der Waals surface area contributed by atoms with Crippen molar-refractivity contribution in [2.75, 3.05) is 5.32 Å². The van der Waals surface area contributed by atoms with E-state index in [1.165, 1.54) is 11.6 Å². The van der Waals surface area contributed by atoms with Crippen molar-refractivity contribution in [1.29, 1.82) is 0 Å². The zero-order valence-corrected chi connectivity index (χ0v) is 14.4. The summed E-state index contributed by atoms with van der Waals surface area (Å²) in [5.74, 6) is -0.471. The summed E-state index contributed by atoms with van der Waals surface area (Å²) in [7, 11) is 0. The summed E-state index contributed by atoms with van der Waals surface area (Å²) in [5, 5.41) is 2.79. The van der Waals surface area contributed by atoms with Crippen LogP contribution in [0.3, 0.4) is 0 Å². The van der Waals surface area contributed by atoms with Crippen molar-refractivity contribution in [2.45, 2.75) is 26.3 Å². The van der Waals surface area contributed by atoms with Crippen LogP contribution in [0.25, 0.3) is 0 Å². The molecule has 0 fully saturated rings. The number of amides is 1. The molecule has 1 N–H and O–H groups in total. The van der Waals surface area contributed by atoms with Crippen LogP contribution in [0.5, 0.6) is 0 Å². The van der Waals surface area contributed by atoms with Crippen LogP contribution in [0.1, 0.15) is 29.2 Å². The third-order valence-corrected chi connectivity index (χ3v) is 4.28. The molecule has 3 nitrogen and oxygen atoms in total. The number of benzene rings is 2. The van der Waals surface area contributed by atoms with E-state index < -0.39 is 0 Å². The number of anilines is 1. The summed E-state index contributed by atoms with van der Waals surface area (Å²) in [6, 6.07) is 16.7. The lowest BCUT2D eigenvalue weighted by Gasteiger charge is -2.19. The first-order chi connectivity index (χ1) is 12.0. The average Bonchev–Trinajstić information content (AvgIpc) is 3.11. The van der Waals surface area contributed by atoms with Gasteiger partial charge in [0.05, 0.1) is 12.5 Å². The Bertz CT molecular complexity index is 854. The molecule has 1 heterocycles. The summed E-state index contributed by atoms with van der Waals surface area (Å²) in [6.45, 7) is 3.73. The third kappa shape index (κ3) is 4.15. The smallest absolute Gasteiger partial charge is 0.226 e. The number of aryl methyl sites for hydroxylation is 2. The van der Waals surface area contributed by atoms with E-state index >= 15 is 0 Å². The van der Waals surface area contributed by atoms with E-state index in [0.717, 1.165) is 5.56 Å². The van der Waals surface area contributed by atoms with Crippen LogP contribution < -0.4 is 5.32 Å². The fourth-order valence-electron chi connectivity index (χ4n) is 2.80. The molecule has 1 aromatic heterocycles. The van der Waals surface area contributed by atoms with Crippen LogP contribution in [0.4, 0.5) is 10.1 Å². The minimum Gasteiger partial charge on any atom is -0.346 e. The summed E-state index contributed by atoms with van der Waals surface area (Å²) in [5.41, 5.74) is 3.27. The first-order valence-electron chi connectivity index (χ1n) is 8.28. The molecule has 25 heavy (non-hydrogen) atoms. The van der Waals surface area contributed by atoms with Gasteiger partial charge in [0.2, 0.25) is 5.91 Å². The lowest BCUT2D eigenvalue weighted by Crippen LogP contribution is -2.19. The molecule has 0 bridgehead atoms. The standard InChI is InChI=1S/C21H21FN2O/c1-15-5-8-17(9-6-15)20(24-11-3-4-12-24)14-21(25)23-18-10-7-16(2)19(22)13-18/h3-13,20H,14H2,1-2H3,(H,23,25)/t20-/m1/s1. The monoisotopic (exact) mass is 336 g/mol. The van der Waals surface area contributed by atoms with E-state index in [1.54, 1.807) is 19.1 Å². The van der Waals surface area contributed by atoms with Crippen LogP contribution in [0.2, 0.25) is 0 Å². The maximum Gasteiger partial charge on any atom is 0.226 e. The van der Waals surface area contributed by atoms with E-state index in [9.17, 15) is 9.18 Å². The molecule has 1 amide bonds. The molecule has 128 valence electrons. The minimum absolute atomic E-state index is 0.106. The molecule has 0 saturated carbocycles. The molecular formula is C21H21FN2O. The zero-order valence-electron chi connectivity index (χ0n) is 14.4. The Morgan fingerprint density at radius 1 is 1.08 bits per heavy atom. The summed E-state index contributed by atoms with van der Waals surface area (Å²) < 4.78 is 15.7. The van der Waals surface area contributed by atoms with Gasteiger partial charge in [0.1, 0.15) is 5.82 Å². The average molecular weight is 336 g/mol. The van der Waals surface area contributed by atoms with Gasteiger partial charge in [-0.1, -0.05) is 35.9 Å². The van der Waals surface area contributed by atoms with Crippen LogP contribution in [-0.2, 0) is 4.79 Å². The van der Waals surface area contributed by atoms with Gasteiger partial charge in [-0.25, -0.2) is 4.39 Å². The van der Waals surface area contributed by atoms with Gasteiger partial charge in [-0.15, -0.1) is 0 Å². The highest BCUT2D eigenvalue weighted by Gasteiger charge is 2.17. The normalized spacial score (nSPS) is 12.0. The maximum absolute atomic E-state index is 13.7. The van der Waals surface area contributed by atoms with Crippen LogP contribution in [0, 0.1) is 19.7 Å². The first-order valence-corrected chi connectivity index (χ1v) is 8.28. The van der Waals surface area contributed by atoms with E-state index in [1.807, 2.05) is 60.3 Å². The number of rotatable bonds is 5. The largest absolute Gasteiger partial charge is 0.346 e. The lowest BCUT2D eigenvalue weighted by atomic mass is 10.0. The van der Waals surface area contributed by atoms with E-state index in [0.29, 0.717) is 11.3 Å². The van der Waals surface area contributed by atoms with Gasteiger partial charge in [0.25, 0.3) is 0 Å². The molecule has 0 radical (unpaired) electrons. The highest BCUT2D eigenvalue weighted by molar-refractivity contribution is 5.91. The summed E-state index contributed by atoms with van der Waals surface area (Å²) >= 11 is 0. The number of hydrogen-bond donors (Lipinski definition) is 1. The number of nitrogens with one attached hydrogen (secondary N) is 1. The molecule has 0 aliphatic rings. The molecule has 0 saturated heterocycles. The van der Waals surface area contributed by atoms with Crippen molar-refractivity contribution in [1.82, 2.24) is 4.57 Å². The van der Waals surface area contributed by atoms with Gasteiger partial charge in [-0.3, -0.25) is 4.79 Å². The molecule has 2 aromatic carbocycles. The molecule has 0 unspecified atom stereocenters. The van der Waals surface area contributed by atoms with Crippen molar-refractivity contribution in [3.05, 3.63) is 89.5 Å². The molecule has 0 aliphatic carbocycles. The van der Waals surface area contributed by atoms with Crippen molar-refractivity contribution < 1.29 is 9.18 Å². The maximum atomic E-state index is 13.7. The molecule has 3 rings (SSSR count). The van der Waals surface area contributed by atoms with Crippen LogP contribution in [0.15, 0.2) is 67.0 Å². The number of hydrogen-bond acceptors (Lipinski definition) is 1. The highest BCUT2D eigenvalue weighted by Crippen LogP contribution is 2.24. The van der Waals surface area contributed by atoms with Gasteiger partial charge >= 0.3 is 0 Å². The molecule has 0 aliphatic heterocycles. The highest BCUT2D eigenvalue weighted by atomic mass is 19.1. The van der Waals surface area contributed by atoms with E-state index in [4.69, 9.17) is 0 Å². The predicted octanol–water partition coefficient (Wildman–Crippen LogP) is 4.86. The number of halogens is 1.